The van der Waals surface area contributed by atoms with E-state index in [1.165, 1.54) is 12.4 Å². The molecule has 0 fully saturated rings. The number of benzene rings is 1. The number of aromatic nitrogens is 3. The van der Waals surface area contributed by atoms with Crippen LogP contribution in [0, 0.1) is 0 Å². The number of hydrogen-bond donors (Lipinski definition) is 1. The number of hydrogen-bond acceptors (Lipinski definition) is 6. The fraction of sp³-hybridized carbons (Fsp3) is 0.176. The summed E-state index contributed by atoms with van der Waals surface area (Å²) in [7, 11) is 0. The van der Waals surface area contributed by atoms with Crippen LogP contribution in [0.4, 0.5) is 0 Å². The highest BCUT2D eigenvalue weighted by molar-refractivity contribution is 7.13. The average molecular weight is 340 g/mol. The van der Waals surface area contributed by atoms with Crippen molar-refractivity contribution in [1.29, 1.82) is 0 Å². The maximum atomic E-state index is 12.2. The summed E-state index contributed by atoms with van der Waals surface area (Å²) in [6.07, 6.45) is 1.32. The van der Waals surface area contributed by atoms with Crippen LogP contribution >= 0.6 is 11.3 Å². The van der Waals surface area contributed by atoms with Gasteiger partial charge in [-0.25, -0.2) is 15.0 Å². The van der Waals surface area contributed by atoms with Crippen molar-refractivity contribution in [3.8, 4) is 16.5 Å². The fourth-order valence-corrected chi connectivity index (χ4v) is 2.88. The Balaban J connectivity index is 1.62. The van der Waals surface area contributed by atoms with E-state index in [0.717, 1.165) is 16.3 Å². The lowest BCUT2D eigenvalue weighted by Crippen LogP contribution is -2.24. The fourth-order valence-electron chi connectivity index (χ4n) is 2.05. The van der Waals surface area contributed by atoms with Crippen molar-refractivity contribution in [2.75, 3.05) is 6.61 Å². The largest absolute Gasteiger partial charge is 0.478 e. The summed E-state index contributed by atoms with van der Waals surface area (Å²) in [6.45, 7) is 2.68. The van der Waals surface area contributed by atoms with Gasteiger partial charge in [0, 0.05) is 17.0 Å². The number of rotatable bonds is 6. The van der Waals surface area contributed by atoms with Gasteiger partial charge in [0.15, 0.2) is 0 Å². The number of carbonyl (C=O) groups is 1. The van der Waals surface area contributed by atoms with Crippen LogP contribution < -0.4 is 10.1 Å². The van der Waals surface area contributed by atoms with Gasteiger partial charge in [0.2, 0.25) is 5.88 Å². The van der Waals surface area contributed by atoms with E-state index in [1.807, 2.05) is 42.6 Å². The van der Waals surface area contributed by atoms with Gasteiger partial charge < -0.3 is 10.1 Å². The van der Waals surface area contributed by atoms with Crippen LogP contribution in [0.1, 0.15) is 23.1 Å². The first kappa shape index (κ1) is 16.1. The first-order valence-electron chi connectivity index (χ1n) is 7.49. The van der Waals surface area contributed by atoms with Gasteiger partial charge in [-0.15, -0.1) is 11.3 Å². The predicted molar refractivity (Wildman–Crippen MR) is 91.9 cm³/mol. The molecule has 1 N–H and O–H groups in total. The van der Waals surface area contributed by atoms with Crippen LogP contribution in [-0.2, 0) is 6.54 Å². The van der Waals surface area contributed by atoms with E-state index in [9.17, 15) is 4.79 Å². The molecule has 0 saturated carbocycles. The first-order valence-corrected chi connectivity index (χ1v) is 8.37. The maximum Gasteiger partial charge on any atom is 0.270 e. The number of carbonyl (C=O) groups excluding carboxylic acids is 1. The molecule has 1 aromatic carbocycles. The lowest BCUT2D eigenvalue weighted by Gasteiger charge is -2.05. The summed E-state index contributed by atoms with van der Waals surface area (Å²) < 4.78 is 5.27. The third-order valence-corrected chi connectivity index (χ3v) is 4.11. The monoisotopic (exact) mass is 340 g/mol. The highest BCUT2D eigenvalue weighted by atomic mass is 32.1. The van der Waals surface area contributed by atoms with E-state index in [4.69, 9.17) is 4.74 Å². The zero-order chi connectivity index (χ0) is 16.8. The molecule has 0 radical (unpaired) electrons. The van der Waals surface area contributed by atoms with E-state index >= 15 is 0 Å². The highest BCUT2D eigenvalue weighted by Crippen LogP contribution is 2.23. The van der Waals surface area contributed by atoms with E-state index in [2.05, 4.69) is 20.3 Å². The minimum absolute atomic E-state index is 0.270. The van der Waals surface area contributed by atoms with Gasteiger partial charge in [-0.2, -0.15) is 0 Å². The molecule has 6 nitrogen and oxygen atoms in total. The molecule has 3 rings (SSSR count). The van der Waals surface area contributed by atoms with Crippen LogP contribution in [0.15, 0.2) is 48.1 Å². The van der Waals surface area contributed by atoms with Crippen molar-refractivity contribution in [2.24, 2.45) is 0 Å². The van der Waals surface area contributed by atoms with Crippen LogP contribution in [0.5, 0.6) is 5.88 Å². The van der Waals surface area contributed by atoms with Crippen LogP contribution in [0.25, 0.3) is 10.6 Å². The molecule has 3 aromatic rings. The Morgan fingerprint density at radius 2 is 2.08 bits per heavy atom. The first-order chi connectivity index (χ1) is 11.8. The van der Waals surface area contributed by atoms with Crippen molar-refractivity contribution in [3.63, 3.8) is 0 Å². The lowest BCUT2D eigenvalue weighted by molar-refractivity contribution is 0.0944. The van der Waals surface area contributed by atoms with Gasteiger partial charge in [-0.1, -0.05) is 30.3 Å². The van der Waals surface area contributed by atoms with Crippen molar-refractivity contribution in [3.05, 3.63) is 59.5 Å². The molecule has 2 aromatic heterocycles. The molecule has 0 unspecified atom stereocenters. The van der Waals surface area contributed by atoms with Crippen LogP contribution in [0.2, 0.25) is 0 Å². The van der Waals surface area contributed by atoms with E-state index in [0.29, 0.717) is 19.0 Å². The Morgan fingerprint density at radius 1 is 1.25 bits per heavy atom. The summed E-state index contributed by atoms with van der Waals surface area (Å²) in [5.41, 5.74) is 2.15. The van der Waals surface area contributed by atoms with Crippen LogP contribution in [0.3, 0.4) is 0 Å². The van der Waals surface area contributed by atoms with Gasteiger partial charge in [0.1, 0.15) is 17.0 Å². The second kappa shape index (κ2) is 7.65. The minimum Gasteiger partial charge on any atom is -0.478 e. The topological polar surface area (TPSA) is 77.0 Å². The summed E-state index contributed by atoms with van der Waals surface area (Å²) in [6, 6.07) is 11.5. The molecular weight excluding hydrogens is 324 g/mol. The number of nitrogens with zero attached hydrogens (tertiary/aromatic N) is 3. The molecule has 122 valence electrons. The molecule has 0 bridgehead atoms. The Kier molecular flexibility index (Phi) is 5.12. The van der Waals surface area contributed by atoms with Gasteiger partial charge in [0.05, 0.1) is 18.8 Å². The van der Waals surface area contributed by atoms with Gasteiger partial charge in [-0.3, -0.25) is 4.79 Å². The normalized spacial score (nSPS) is 10.4. The Morgan fingerprint density at radius 3 is 2.88 bits per heavy atom. The predicted octanol–water partition coefficient (Wildman–Crippen LogP) is 2.93. The Hall–Kier alpha value is -2.80. The van der Waals surface area contributed by atoms with Gasteiger partial charge in [0.25, 0.3) is 5.91 Å². The van der Waals surface area contributed by atoms with Crippen molar-refractivity contribution in [1.82, 2.24) is 20.3 Å². The zero-order valence-corrected chi connectivity index (χ0v) is 13.9. The third-order valence-electron chi connectivity index (χ3n) is 3.17. The van der Waals surface area contributed by atoms with Gasteiger partial charge >= 0.3 is 0 Å². The second-order valence-electron chi connectivity index (χ2n) is 4.87. The molecular formula is C17H16N4O2S. The van der Waals surface area contributed by atoms with Crippen molar-refractivity contribution >= 4 is 17.2 Å². The second-order valence-corrected chi connectivity index (χ2v) is 5.73. The average Bonchev–Trinajstić information content (AvgIpc) is 3.10. The molecule has 0 spiro atoms. The number of amides is 1. The summed E-state index contributed by atoms with van der Waals surface area (Å²) >= 11 is 1.55. The minimum atomic E-state index is -0.285. The molecule has 0 aliphatic heterocycles. The number of nitrogens with one attached hydrogen (secondary N) is 1. The third kappa shape index (κ3) is 3.94. The van der Waals surface area contributed by atoms with Crippen molar-refractivity contribution in [2.45, 2.75) is 13.5 Å². The molecule has 0 atom stereocenters. The molecule has 24 heavy (non-hydrogen) atoms. The summed E-state index contributed by atoms with van der Waals surface area (Å²) in [5.74, 6) is 0.102. The lowest BCUT2D eigenvalue weighted by atomic mass is 10.2. The smallest absolute Gasteiger partial charge is 0.270 e. The quantitative estimate of drug-likeness (QED) is 0.746. The molecule has 1 amide bonds. The molecule has 0 saturated heterocycles. The number of thiazole rings is 1. The van der Waals surface area contributed by atoms with E-state index < -0.39 is 0 Å². The van der Waals surface area contributed by atoms with E-state index in [-0.39, 0.29) is 11.6 Å². The summed E-state index contributed by atoms with van der Waals surface area (Å²) in [5, 5.41) is 5.68. The van der Waals surface area contributed by atoms with Gasteiger partial charge in [-0.05, 0) is 6.92 Å². The summed E-state index contributed by atoms with van der Waals surface area (Å²) in [4.78, 5) is 24.6. The SMILES string of the molecule is CCOc1cc(C(=O)NCc2csc(-c3ccccc3)n2)ncn1. The van der Waals surface area contributed by atoms with Crippen LogP contribution in [-0.4, -0.2) is 27.5 Å². The standard InChI is InChI=1S/C17H16N4O2S/c1-2-23-15-8-14(19-11-20-15)16(22)18-9-13-10-24-17(21-13)12-6-4-3-5-7-12/h3-8,10-11H,2,9H2,1H3,(H,18,22). The Bertz CT molecular complexity index is 820. The van der Waals surface area contributed by atoms with Crippen molar-refractivity contribution < 1.29 is 9.53 Å². The molecule has 2 heterocycles. The maximum absolute atomic E-state index is 12.2. The number of ether oxygens (including phenoxy) is 1. The molecule has 0 aliphatic rings. The Labute approximate surface area is 143 Å². The molecule has 0 aliphatic carbocycles. The molecule has 7 heteroatoms. The highest BCUT2D eigenvalue weighted by Gasteiger charge is 2.10. The van der Waals surface area contributed by atoms with E-state index in [1.54, 1.807) is 11.3 Å². The zero-order valence-electron chi connectivity index (χ0n) is 13.1.